The Bertz CT molecular complexity index is 251. The van der Waals surface area contributed by atoms with E-state index in [2.05, 4.69) is 27.6 Å². The molecule has 0 spiro atoms. The van der Waals surface area contributed by atoms with Crippen LogP contribution >= 0.6 is 22.6 Å². The van der Waals surface area contributed by atoms with Gasteiger partial charge in [-0.15, -0.1) is 0 Å². The number of halogens is 1. The molecule has 9 heavy (non-hydrogen) atoms. The molecule has 1 heterocycles. The first-order chi connectivity index (χ1) is 4.34. The maximum atomic E-state index is 8.44. The summed E-state index contributed by atoms with van der Waals surface area (Å²) < 4.78 is 0.901. The van der Waals surface area contributed by atoms with Crippen LogP contribution in [0.3, 0.4) is 0 Å². The second-order valence-electron chi connectivity index (χ2n) is 1.47. The van der Waals surface area contributed by atoms with Crippen LogP contribution < -0.4 is 0 Å². The molecule has 1 aromatic rings. The summed E-state index contributed by atoms with van der Waals surface area (Å²) in [6, 6.07) is 3.74. The van der Waals surface area contributed by atoms with Gasteiger partial charge in [0.05, 0.1) is 5.56 Å². The molecule has 0 aliphatic rings. The number of nitriles is 1. The fraction of sp³-hybridized carbons (Fsp3) is 0. The molecule has 0 aromatic carbocycles. The van der Waals surface area contributed by atoms with Gasteiger partial charge in [-0.1, -0.05) is 0 Å². The van der Waals surface area contributed by atoms with Crippen LogP contribution in [0.4, 0.5) is 0 Å². The lowest BCUT2D eigenvalue weighted by Crippen LogP contribution is -1.80. The molecule has 0 unspecified atom stereocenters. The Morgan fingerprint density at radius 3 is 2.89 bits per heavy atom. The Kier molecular flexibility index (Phi) is 2.01. The SMILES string of the molecule is N#Cc1ccncc1I. The smallest absolute Gasteiger partial charge is 0.100 e. The molecule has 3 heteroatoms. The van der Waals surface area contributed by atoms with E-state index >= 15 is 0 Å². The molecule has 0 atom stereocenters. The normalized spacial score (nSPS) is 8.44. The van der Waals surface area contributed by atoms with Gasteiger partial charge in [0.1, 0.15) is 6.07 Å². The predicted octanol–water partition coefficient (Wildman–Crippen LogP) is 1.56. The summed E-state index contributed by atoms with van der Waals surface area (Å²) in [5.74, 6) is 0. The minimum Gasteiger partial charge on any atom is -0.264 e. The molecule has 0 fully saturated rings. The lowest BCUT2D eigenvalue weighted by Gasteiger charge is -1.88. The Labute approximate surface area is 66.7 Å². The summed E-state index contributed by atoms with van der Waals surface area (Å²) in [5, 5.41) is 8.44. The predicted molar refractivity (Wildman–Crippen MR) is 41.7 cm³/mol. The van der Waals surface area contributed by atoms with E-state index in [1.165, 1.54) is 0 Å². The van der Waals surface area contributed by atoms with Crippen molar-refractivity contribution in [2.24, 2.45) is 0 Å². The van der Waals surface area contributed by atoms with Crippen molar-refractivity contribution in [1.82, 2.24) is 4.98 Å². The van der Waals surface area contributed by atoms with Crippen LogP contribution in [0.15, 0.2) is 18.5 Å². The molecule has 0 aliphatic heterocycles. The lowest BCUT2D eigenvalue weighted by molar-refractivity contribution is 1.29. The highest BCUT2D eigenvalue weighted by atomic mass is 127. The van der Waals surface area contributed by atoms with Crippen LogP contribution in [0.25, 0.3) is 0 Å². The molecular weight excluding hydrogens is 227 g/mol. The molecule has 1 aromatic heterocycles. The molecular formula is C6H3IN2. The monoisotopic (exact) mass is 230 g/mol. The minimum atomic E-state index is 0.686. The Hall–Kier alpha value is -0.630. The summed E-state index contributed by atoms with van der Waals surface area (Å²) in [6.45, 7) is 0. The Morgan fingerprint density at radius 1 is 1.67 bits per heavy atom. The van der Waals surface area contributed by atoms with E-state index < -0.39 is 0 Å². The van der Waals surface area contributed by atoms with Crippen LogP contribution in [-0.4, -0.2) is 4.98 Å². The summed E-state index contributed by atoms with van der Waals surface area (Å²) in [6.07, 6.45) is 3.28. The molecule has 0 aliphatic carbocycles. The van der Waals surface area contributed by atoms with Crippen molar-refractivity contribution in [1.29, 1.82) is 5.26 Å². The summed E-state index contributed by atoms with van der Waals surface area (Å²) >= 11 is 2.08. The summed E-state index contributed by atoms with van der Waals surface area (Å²) in [4.78, 5) is 3.83. The Morgan fingerprint density at radius 2 is 2.44 bits per heavy atom. The number of rotatable bonds is 0. The van der Waals surface area contributed by atoms with Crippen molar-refractivity contribution >= 4 is 22.6 Å². The molecule has 0 radical (unpaired) electrons. The Balaban J connectivity index is 3.20. The van der Waals surface area contributed by atoms with E-state index in [9.17, 15) is 0 Å². The average molecular weight is 230 g/mol. The molecule has 0 amide bonds. The van der Waals surface area contributed by atoms with Gasteiger partial charge < -0.3 is 0 Å². The zero-order chi connectivity index (χ0) is 6.69. The van der Waals surface area contributed by atoms with E-state index in [0.717, 1.165) is 3.57 Å². The minimum absolute atomic E-state index is 0.686. The van der Waals surface area contributed by atoms with Crippen molar-refractivity contribution in [3.05, 3.63) is 27.6 Å². The van der Waals surface area contributed by atoms with E-state index in [4.69, 9.17) is 5.26 Å². The van der Waals surface area contributed by atoms with Gasteiger partial charge in [-0.05, 0) is 28.7 Å². The van der Waals surface area contributed by atoms with Gasteiger partial charge in [0.15, 0.2) is 0 Å². The highest BCUT2D eigenvalue weighted by Crippen LogP contribution is 2.06. The largest absolute Gasteiger partial charge is 0.264 e. The van der Waals surface area contributed by atoms with Crippen molar-refractivity contribution in [3.63, 3.8) is 0 Å². The molecule has 0 saturated heterocycles. The third-order valence-corrected chi connectivity index (χ3v) is 1.75. The lowest BCUT2D eigenvalue weighted by atomic mass is 10.3. The zero-order valence-corrected chi connectivity index (χ0v) is 6.66. The molecule has 0 bridgehead atoms. The van der Waals surface area contributed by atoms with Crippen molar-refractivity contribution in [2.75, 3.05) is 0 Å². The molecule has 44 valence electrons. The molecule has 0 saturated carbocycles. The summed E-state index contributed by atoms with van der Waals surface area (Å²) in [5.41, 5.74) is 0.686. The van der Waals surface area contributed by atoms with Gasteiger partial charge in [0, 0.05) is 16.0 Å². The van der Waals surface area contributed by atoms with E-state index in [1.807, 2.05) is 6.07 Å². The van der Waals surface area contributed by atoms with Crippen LogP contribution in [0.5, 0.6) is 0 Å². The molecule has 1 rings (SSSR count). The molecule has 2 nitrogen and oxygen atoms in total. The van der Waals surface area contributed by atoms with Gasteiger partial charge in [-0.25, -0.2) is 0 Å². The number of nitrogens with zero attached hydrogens (tertiary/aromatic N) is 2. The van der Waals surface area contributed by atoms with Crippen LogP contribution in [0, 0.1) is 14.9 Å². The second-order valence-corrected chi connectivity index (χ2v) is 2.63. The topological polar surface area (TPSA) is 36.7 Å². The average Bonchev–Trinajstić information content (AvgIpc) is 1.89. The zero-order valence-electron chi connectivity index (χ0n) is 4.50. The van der Waals surface area contributed by atoms with Crippen molar-refractivity contribution in [3.8, 4) is 6.07 Å². The van der Waals surface area contributed by atoms with Gasteiger partial charge >= 0.3 is 0 Å². The highest BCUT2D eigenvalue weighted by molar-refractivity contribution is 14.1. The summed E-state index contributed by atoms with van der Waals surface area (Å²) in [7, 11) is 0. The van der Waals surface area contributed by atoms with Crippen LogP contribution in [-0.2, 0) is 0 Å². The third kappa shape index (κ3) is 1.39. The number of aromatic nitrogens is 1. The van der Waals surface area contributed by atoms with Gasteiger partial charge in [-0.3, -0.25) is 4.98 Å². The van der Waals surface area contributed by atoms with Crippen molar-refractivity contribution in [2.45, 2.75) is 0 Å². The van der Waals surface area contributed by atoms with Gasteiger partial charge in [0.2, 0.25) is 0 Å². The standard InChI is InChI=1S/C6H3IN2/c7-6-4-9-2-1-5(6)3-8/h1-2,4H. The van der Waals surface area contributed by atoms with Crippen LogP contribution in [0.2, 0.25) is 0 Å². The van der Waals surface area contributed by atoms with Gasteiger partial charge in [0.25, 0.3) is 0 Å². The number of pyridine rings is 1. The number of hydrogen-bond acceptors (Lipinski definition) is 2. The first-order valence-corrected chi connectivity index (χ1v) is 3.42. The highest BCUT2D eigenvalue weighted by Gasteiger charge is 1.93. The maximum absolute atomic E-state index is 8.44. The van der Waals surface area contributed by atoms with Gasteiger partial charge in [-0.2, -0.15) is 5.26 Å². The fourth-order valence-corrected chi connectivity index (χ4v) is 0.927. The van der Waals surface area contributed by atoms with E-state index in [0.29, 0.717) is 5.56 Å². The number of hydrogen-bond donors (Lipinski definition) is 0. The fourth-order valence-electron chi connectivity index (χ4n) is 0.466. The third-order valence-electron chi connectivity index (χ3n) is 0.893. The van der Waals surface area contributed by atoms with Crippen LogP contribution in [0.1, 0.15) is 5.56 Å². The second kappa shape index (κ2) is 2.78. The van der Waals surface area contributed by atoms with Crippen molar-refractivity contribution < 1.29 is 0 Å². The maximum Gasteiger partial charge on any atom is 0.100 e. The first-order valence-electron chi connectivity index (χ1n) is 2.34. The quantitative estimate of drug-likeness (QED) is 0.634. The van der Waals surface area contributed by atoms with E-state index in [1.54, 1.807) is 18.5 Å². The first kappa shape index (κ1) is 6.49. The molecule has 0 N–H and O–H groups in total. The van der Waals surface area contributed by atoms with E-state index in [-0.39, 0.29) is 0 Å².